The van der Waals surface area contributed by atoms with Crippen LogP contribution < -0.4 is 0 Å². The van der Waals surface area contributed by atoms with Gasteiger partial charge in [0.15, 0.2) is 0 Å². The number of carbonyl (C=O) groups is 1. The van der Waals surface area contributed by atoms with Crippen LogP contribution in [0.1, 0.15) is 47.5 Å². The van der Waals surface area contributed by atoms with Gasteiger partial charge in [-0.3, -0.25) is 0 Å². The molecule has 0 aromatic carbocycles. The lowest BCUT2D eigenvalue weighted by Gasteiger charge is -2.42. The summed E-state index contributed by atoms with van der Waals surface area (Å²) in [5.74, 6) is -3.42. The van der Waals surface area contributed by atoms with Crippen molar-refractivity contribution in [2.45, 2.75) is 77.1 Å². The Kier molecular flexibility index (Phi) is 5.40. The molecule has 3 saturated carbocycles. The first-order valence-corrected chi connectivity index (χ1v) is 10.2. The number of carbonyl (C=O) groups excluding carboxylic acids is 1. The van der Waals surface area contributed by atoms with Crippen LogP contribution >= 0.6 is 0 Å². The van der Waals surface area contributed by atoms with Crippen LogP contribution in [0.2, 0.25) is 0 Å². The second-order valence-corrected chi connectivity index (χ2v) is 10.2. The van der Waals surface area contributed by atoms with Crippen molar-refractivity contribution in [3.63, 3.8) is 0 Å². The Balaban J connectivity index is 2.02. The van der Waals surface area contributed by atoms with Gasteiger partial charge in [0, 0.05) is 5.92 Å². The molecule has 3 aliphatic rings. The molecule has 0 saturated heterocycles. The zero-order valence-corrected chi connectivity index (χ0v) is 17.5. The summed E-state index contributed by atoms with van der Waals surface area (Å²) in [5.41, 5.74) is -6.19. The number of halogens is 6. The number of fused-ring (bicyclic) bond motifs is 5. The summed E-state index contributed by atoms with van der Waals surface area (Å²) in [6, 6.07) is 0. The molecule has 4 nitrogen and oxygen atoms in total. The van der Waals surface area contributed by atoms with E-state index in [1.54, 1.807) is 0 Å². The van der Waals surface area contributed by atoms with Crippen LogP contribution in [0.25, 0.3) is 0 Å². The van der Waals surface area contributed by atoms with Gasteiger partial charge < -0.3 is 14.6 Å². The quantitative estimate of drug-likeness (QED) is 0.460. The molecule has 0 radical (unpaired) electrons. The van der Waals surface area contributed by atoms with Crippen molar-refractivity contribution in [2.24, 2.45) is 41.4 Å². The van der Waals surface area contributed by atoms with Crippen molar-refractivity contribution in [1.29, 1.82) is 0 Å². The largest absolute Gasteiger partial charge is 0.510 e. The third-order valence-corrected chi connectivity index (χ3v) is 7.59. The van der Waals surface area contributed by atoms with Gasteiger partial charge in [0.05, 0.1) is 6.10 Å². The molecule has 0 aromatic rings. The molecule has 0 aliphatic heterocycles. The Bertz CT molecular complexity index is 668. The van der Waals surface area contributed by atoms with Gasteiger partial charge in [-0.15, -0.1) is 0 Å². The number of alkyl halides is 6. The van der Waals surface area contributed by atoms with E-state index in [1.165, 1.54) is 20.8 Å². The van der Waals surface area contributed by atoms with Crippen LogP contribution in [0.3, 0.4) is 0 Å². The summed E-state index contributed by atoms with van der Waals surface area (Å²) in [6.45, 7) is 7.76. The fraction of sp³-hybridized carbons (Fsp3) is 0.950. The van der Waals surface area contributed by atoms with Crippen LogP contribution in [0.5, 0.6) is 0 Å². The summed E-state index contributed by atoms with van der Waals surface area (Å²) >= 11 is 0. The molecule has 3 aliphatic carbocycles. The van der Waals surface area contributed by atoms with E-state index in [1.807, 2.05) is 13.8 Å². The van der Waals surface area contributed by atoms with Crippen LogP contribution in [0.15, 0.2) is 0 Å². The van der Waals surface area contributed by atoms with Gasteiger partial charge in [-0.1, -0.05) is 13.8 Å². The molecule has 3 fully saturated rings. The second-order valence-electron chi connectivity index (χ2n) is 10.2. The Morgan fingerprint density at radius 2 is 1.33 bits per heavy atom. The van der Waals surface area contributed by atoms with E-state index in [2.05, 4.69) is 9.47 Å². The highest BCUT2D eigenvalue weighted by atomic mass is 19.4. The zero-order chi connectivity index (χ0) is 23.0. The SMILES string of the molecule is CC1C(C)C2CC1C1CC(C(OC(=O)OC(C)(C)C)(C(F)(F)F)C(F)(F)F)C(O)C21. The maximum Gasteiger partial charge on any atom is 0.510 e. The standard InChI is InChI=1S/C20H28F6O4/c1-8-9(2)11-6-10(8)12-7-13(15(27)14(11)12)18(19(21,22)23,20(24,25)26)30-16(28)29-17(3,4)5/h8-15,27H,6-7H2,1-5H3. The minimum Gasteiger partial charge on any atom is -0.429 e. The number of hydrogen-bond acceptors (Lipinski definition) is 4. The van der Waals surface area contributed by atoms with Gasteiger partial charge in [-0.2, -0.15) is 26.3 Å². The van der Waals surface area contributed by atoms with Gasteiger partial charge in [-0.05, 0) is 69.1 Å². The molecule has 0 spiro atoms. The maximum absolute atomic E-state index is 14.1. The molecule has 30 heavy (non-hydrogen) atoms. The highest BCUT2D eigenvalue weighted by Gasteiger charge is 2.81. The van der Waals surface area contributed by atoms with Crippen LogP contribution in [-0.4, -0.2) is 40.9 Å². The second kappa shape index (κ2) is 6.90. The van der Waals surface area contributed by atoms with E-state index in [9.17, 15) is 36.2 Å². The lowest BCUT2D eigenvalue weighted by atomic mass is 9.70. The van der Waals surface area contributed by atoms with Gasteiger partial charge in [0.1, 0.15) is 5.60 Å². The van der Waals surface area contributed by atoms with E-state index in [-0.39, 0.29) is 23.7 Å². The van der Waals surface area contributed by atoms with Gasteiger partial charge >= 0.3 is 24.1 Å². The maximum atomic E-state index is 14.1. The first-order chi connectivity index (χ1) is 13.4. The van der Waals surface area contributed by atoms with Crippen LogP contribution in [0, 0.1) is 41.4 Å². The first kappa shape index (κ1) is 23.5. The van der Waals surface area contributed by atoms with E-state index in [0.29, 0.717) is 6.42 Å². The molecule has 10 heteroatoms. The third kappa shape index (κ3) is 3.37. The summed E-state index contributed by atoms with van der Waals surface area (Å²) in [6.07, 6.45) is -15.7. The average Bonchev–Trinajstić information content (AvgIpc) is 3.13. The summed E-state index contributed by atoms with van der Waals surface area (Å²) in [4.78, 5) is 12.0. The van der Waals surface area contributed by atoms with E-state index in [0.717, 1.165) is 0 Å². The molecule has 8 unspecified atom stereocenters. The highest BCUT2D eigenvalue weighted by Crippen LogP contribution is 2.67. The molecule has 0 aromatic heterocycles. The predicted molar refractivity (Wildman–Crippen MR) is 93.2 cm³/mol. The Hall–Kier alpha value is -1.19. The Labute approximate surface area is 171 Å². The third-order valence-electron chi connectivity index (χ3n) is 7.59. The number of aliphatic hydroxyl groups excluding tert-OH is 1. The van der Waals surface area contributed by atoms with E-state index in [4.69, 9.17) is 0 Å². The van der Waals surface area contributed by atoms with Crippen molar-refractivity contribution in [2.75, 3.05) is 0 Å². The molecule has 0 amide bonds. The van der Waals surface area contributed by atoms with Crippen molar-refractivity contribution < 1.29 is 45.7 Å². The lowest BCUT2D eigenvalue weighted by Crippen LogP contribution is -2.66. The Morgan fingerprint density at radius 1 is 0.833 bits per heavy atom. The molecule has 2 bridgehead atoms. The molecule has 8 atom stereocenters. The minimum absolute atomic E-state index is 0.0460. The summed E-state index contributed by atoms with van der Waals surface area (Å²) in [5, 5.41) is 10.8. The van der Waals surface area contributed by atoms with Crippen LogP contribution in [-0.2, 0) is 9.47 Å². The van der Waals surface area contributed by atoms with Crippen LogP contribution in [0.4, 0.5) is 31.1 Å². The fourth-order valence-corrected chi connectivity index (χ4v) is 6.32. The van der Waals surface area contributed by atoms with E-state index < -0.39 is 60.0 Å². The normalized spacial score (nSPS) is 39.2. The highest BCUT2D eigenvalue weighted by molar-refractivity contribution is 5.61. The van der Waals surface area contributed by atoms with E-state index >= 15 is 0 Å². The van der Waals surface area contributed by atoms with Crippen molar-refractivity contribution in [3.8, 4) is 0 Å². The smallest absolute Gasteiger partial charge is 0.429 e. The number of rotatable bonds is 2. The molecular weight excluding hydrogens is 418 g/mol. The summed E-state index contributed by atoms with van der Waals surface area (Å²) < 4.78 is 93.1. The molecule has 174 valence electrons. The molecule has 3 rings (SSSR count). The zero-order valence-electron chi connectivity index (χ0n) is 17.5. The molecule has 0 heterocycles. The summed E-state index contributed by atoms with van der Waals surface area (Å²) in [7, 11) is 0. The number of aliphatic hydroxyl groups is 1. The molecule has 1 N–H and O–H groups in total. The van der Waals surface area contributed by atoms with Crippen molar-refractivity contribution >= 4 is 6.16 Å². The minimum atomic E-state index is -5.98. The predicted octanol–water partition coefficient (Wildman–Crippen LogP) is 5.34. The van der Waals surface area contributed by atoms with Gasteiger partial charge in [0.25, 0.3) is 0 Å². The molecular formula is C20H28F6O4. The van der Waals surface area contributed by atoms with Gasteiger partial charge in [0.2, 0.25) is 0 Å². The topological polar surface area (TPSA) is 55.8 Å². The van der Waals surface area contributed by atoms with Crippen molar-refractivity contribution in [3.05, 3.63) is 0 Å². The first-order valence-electron chi connectivity index (χ1n) is 10.2. The number of ether oxygens (including phenoxy) is 2. The lowest BCUT2D eigenvalue weighted by molar-refractivity contribution is -0.390. The monoisotopic (exact) mass is 446 g/mol. The fourth-order valence-electron chi connectivity index (χ4n) is 6.32. The number of hydrogen-bond donors (Lipinski definition) is 1. The van der Waals surface area contributed by atoms with Crippen molar-refractivity contribution in [1.82, 2.24) is 0 Å². The Morgan fingerprint density at radius 3 is 1.80 bits per heavy atom. The average molecular weight is 446 g/mol. The van der Waals surface area contributed by atoms with Gasteiger partial charge in [-0.25, -0.2) is 4.79 Å².